The summed E-state index contributed by atoms with van der Waals surface area (Å²) in [5, 5.41) is 2.48. The Kier molecular flexibility index (Phi) is 8.63. The molecule has 0 saturated heterocycles. The van der Waals surface area contributed by atoms with Gasteiger partial charge in [-0.25, -0.2) is 9.59 Å². The largest absolute Gasteiger partial charge is 0.467 e. The van der Waals surface area contributed by atoms with E-state index in [-0.39, 0.29) is 31.4 Å². The number of carbonyl (C=O) groups is 3. The van der Waals surface area contributed by atoms with Crippen LogP contribution < -0.4 is 5.32 Å². The highest BCUT2D eigenvalue weighted by Gasteiger charge is 2.25. The second kappa shape index (κ2) is 10.5. The van der Waals surface area contributed by atoms with Gasteiger partial charge >= 0.3 is 12.1 Å². The number of methoxy groups -OCH3 is 1. The normalized spacial score (nSPS) is 11.9. The lowest BCUT2D eigenvalue weighted by atomic mass is 10.1. The summed E-state index contributed by atoms with van der Waals surface area (Å²) in [7, 11) is 2.94. The Hall–Kier alpha value is -2.41. The van der Waals surface area contributed by atoms with E-state index in [1.807, 2.05) is 44.2 Å². The van der Waals surface area contributed by atoms with Crippen LogP contribution in [0.2, 0.25) is 0 Å². The molecule has 1 aromatic rings. The Morgan fingerprint density at radius 1 is 1.16 bits per heavy atom. The lowest BCUT2D eigenvalue weighted by Crippen LogP contribution is -2.49. The number of Topliss-reactive ketones (excluding diaryl/α,β-unsaturated/α-hetero) is 1. The molecule has 0 aliphatic heterocycles. The number of benzene rings is 1. The van der Waals surface area contributed by atoms with Crippen molar-refractivity contribution < 1.29 is 23.9 Å². The molecule has 25 heavy (non-hydrogen) atoms. The highest BCUT2D eigenvalue weighted by molar-refractivity contribution is 5.83. The molecule has 1 aromatic carbocycles. The fraction of sp³-hybridized carbons (Fsp3) is 0.500. The number of amides is 1. The minimum Gasteiger partial charge on any atom is -0.467 e. The lowest BCUT2D eigenvalue weighted by Gasteiger charge is -2.23. The van der Waals surface area contributed by atoms with E-state index in [9.17, 15) is 14.4 Å². The van der Waals surface area contributed by atoms with Crippen molar-refractivity contribution in [3.8, 4) is 0 Å². The fourth-order valence-corrected chi connectivity index (χ4v) is 2.05. The second-order valence-electron chi connectivity index (χ2n) is 6.10. The van der Waals surface area contributed by atoms with Crippen molar-refractivity contribution in [3.63, 3.8) is 0 Å². The number of nitrogens with zero attached hydrogens (tertiary/aromatic N) is 1. The van der Waals surface area contributed by atoms with Gasteiger partial charge in [0.25, 0.3) is 0 Å². The first-order valence-electron chi connectivity index (χ1n) is 8.09. The van der Waals surface area contributed by atoms with Gasteiger partial charge in [0.1, 0.15) is 18.4 Å². The standard InChI is InChI=1S/C18H26N2O5/c1-13(2)16(21)11-20(3)10-15(17(22)24-4)19-18(23)25-12-14-8-6-5-7-9-14/h5-9,13,15H,10-12H2,1-4H3,(H,19,23). The summed E-state index contributed by atoms with van der Waals surface area (Å²) in [5.41, 5.74) is 0.840. The van der Waals surface area contributed by atoms with Crippen LogP contribution in [0.5, 0.6) is 0 Å². The zero-order chi connectivity index (χ0) is 18.8. The third-order valence-corrected chi connectivity index (χ3v) is 3.55. The summed E-state index contributed by atoms with van der Waals surface area (Å²) >= 11 is 0. The van der Waals surface area contributed by atoms with Crippen LogP contribution in [-0.2, 0) is 25.7 Å². The molecule has 0 fully saturated rings. The van der Waals surface area contributed by atoms with Crippen molar-refractivity contribution in [1.82, 2.24) is 10.2 Å². The van der Waals surface area contributed by atoms with Crippen LogP contribution in [0.1, 0.15) is 19.4 Å². The molecule has 0 aliphatic carbocycles. The van der Waals surface area contributed by atoms with Crippen LogP contribution in [0.25, 0.3) is 0 Å². The van der Waals surface area contributed by atoms with Crippen molar-refractivity contribution in [1.29, 1.82) is 0 Å². The molecule has 1 rings (SSSR count). The van der Waals surface area contributed by atoms with Crippen LogP contribution >= 0.6 is 0 Å². The summed E-state index contributed by atoms with van der Waals surface area (Å²) in [4.78, 5) is 37.3. The number of ketones is 1. The lowest BCUT2D eigenvalue weighted by molar-refractivity contribution is -0.143. The maximum absolute atomic E-state index is 11.9. The van der Waals surface area contributed by atoms with Crippen LogP contribution in [0.15, 0.2) is 30.3 Å². The van der Waals surface area contributed by atoms with Gasteiger partial charge in [0, 0.05) is 12.5 Å². The van der Waals surface area contributed by atoms with Crippen molar-refractivity contribution in [3.05, 3.63) is 35.9 Å². The van der Waals surface area contributed by atoms with E-state index in [1.54, 1.807) is 11.9 Å². The molecule has 1 amide bonds. The molecule has 0 heterocycles. The molecule has 0 aromatic heterocycles. The third kappa shape index (κ3) is 7.80. The van der Waals surface area contributed by atoms with E-state index < -0.39 is 18.1 Å². The van der Waals surface area contributed by atoms with E-state index in [0.717, 1.165) is 5.56 Å². The molecule has 138 valence electrons. The molecule has 7 heteroatoms. The van der Waals surface area contributed by atoms with Gasteiger partial charge in [0.2, 0.25) is 0 Å². The molecular weight excluding hydrogens is 324 g/mol. The first kappa shape index (κ1) is 20.6. The van der Waals surface area contributed by atoms with Crippen LogP contribution in [0.4, 0.5) is 4.79 Å². The van der Waals surface area contributed by atoms with Gasteiger partial charge in [-0.1, -0.05) is 44.2 Å². The number of rotatable bonds is 9. The van der Waals surface area contributed by atoms with Crippen LogP contribution in [-0.4, -0.2) is 56.0 Å². The Morgan fingerprint density at radius 3 is 2.36 bits per heavy atom. The summed E-state index contributed by atoms with van der Waals surface area (Å²) in [6.07, 6.45) is -0.720. The maximum Gasteiger partial charge on any atom is 0.408 e. The Bertz CT molecular complexity index is 574. The average molecular weight is 350 g/mol. The van der Waals surface area contributed by atoms with Gasteiger partial charge in [-0.05, 0) is 12.6 Å². The van der Waals surface area contributed by atoms with Gasteiger partial charge in [-0.15, -0.1) is 0 Å². The number of nitrogens with one attached hydrogen (secondary N) is 1. The number of ether oxygens (including phenoxy) is 2. The summed E-state index contributed by atoms with van der Waals surface area (Å²) < 4.78 is 9.82. The van der Waals surface area contributed by atoms with E-state index in [0.29, 0.717) is 0 Å². The summed E-state index contributed by atoms with van der Waals surface area (Å²) in [6.45, 7) is 4.06. The van der Waals surface area contributed by atoms with Gasteiger partial charge < -0.3 is 14.8 Å². The van der Waals surface area contributed by atoms with Gasteiger partial charge in [0.05, 0.1) is 13.7 Å². The van der Waals surface area contributed by atoms with E-state index >= 15 is 0 Å². The molecule has 1 N–H and O–H groups in total. The molecule has 0 radical (unpaired) electrons. The fourth-order valence-electron chi connectivity index (χ4n) is 2.05. The van der Waals surface area contributed by atoms with E-state index in [4.69, 9.17) is 9.47 Å². The molecule has 0 bridgehead atoms. The second-order valence-corrected chi connectivity index (χ2v) is 6.10. The third-order valence-electron chi connectivity index (χ3n) is 3.55. The number of hydrogen-bond donors (Lipinski definition) is 1. The Balaban J connectivity index is 2.55. The number of alkyl carbamates (subject to hydrolysis) is 1. The molecular formula is C18H26N2O5. The minimum atomic E-state index is -0.918. The monoisotopic (exact) mass is 350 g/mol. The molecule has 0 aliphatic rings. The average Bonchev–Trinajstić information content (AvgIpc) is 2.59. The molecule has 0 spiro atoms. The Morgan fingerprint density at radius 2 is 1.80 bits per heavy atom. The van der Waals surface area contributed by atoms with Crippen LogP contribution in [0.3, 0.4) is 0 Å². The van der Waals surface area contributed by atoms with Crippen LogP contribution in [0, 0.1) is 5.92 Å². The topological polar surface area (TPSA) is 84.9 Å². The smallest absolute Gasteiger partial charge is 0.408 e. The number of hydrogen-bond acceptors (Lipinski definition) is 6. The SMILES string of the molecule is COC(=O)C(CN(C)CC(=O)C(C)C)NC(=O)OCc1ccccc1. The molecule has 0 saturated carbocycles. The summed E-state index contributed by atoms with van der Waals surface area (Å²) in [6, 6.07) is 8.29. The quantitative estimate of drug-likeness (QED) is 0.681. The maximum atomic E-state index is 11.9. The number of likely N-dealkylation sites (N-methyl/N-ethyl adjacent to an activating group) is 1. The van der Waals surface area contributed by atoms with Crippen molar-refractivity contribution in [2.24, 2.45) is 5.92 Å². The zero-order valence-electron chi connectivity index (χ0n) is 15.2. The molecule has 7 nitrogen and oxygen atoms in total. The summed E-state index contributed by atoms with van der Waals surface area (Å²) in [5.74, 6) is -0.638. The first-order chi connectivity index (χ1) is 11.8. The highest BCUT2D eigenvalue weighted by Crippen LogP contribution is 2.02. The zero-order valence-corrected chi connectivity index (χ0v) is 15.2. The molecule has 1 atom stereocenters. The van der Waals surface area contributed by atoms with Gasteiger partial charge in [-0.3, -0.25) is 9.69 Å². The first-order valence-corrected chi connectivity index (χ1v) is 8.09. The highest BCUT2D eigenvalue weighted by atomic mass is 16.6. The molecule has 1 unspecified atom stereocenters. The van der Waals surface area contributed by atoms with Gasteiger partial charge in [0.15, 0.2) is 0 Å². The van der Waals surface area contributed by atoms with E-state index in [2.05, 4.69) is 5.32 Å². The van der Waals surface area contributed by atoms with Crippen molar-refractivity contribution in [2.45, 2.75) is 26.5 Å². The van der Waals surface area contributed by atoms with Crippen molar-refractivity contribution >= 4 is 17.8 Å². The van der Waals surface area contributed by atoms with Crippen molar-refractivity contribution in [2.75, 3.05) is 27.2 Å². The van der Waals surface area contributed by atoms with Gasteiger partial charge in [-0.2, -0.15) is 0 Å². The van der Waals surface area contributed by atoms with E-state index in [1.165, 1.54) is 7.11 Å². The number of carbonyl (C=O) groups excluding carboxylic acids is 3. The predicted octanol–water partition coefficient (Wildman–Crippen LogP) is 1.61. The predicted molar refractivity (Wildman–Crippen MR) is 92.9 cm³/mol. The minimum absolute atomic E-state index is 0.0535. The Labute approximate surface area is 148 Å². The number of esters is 1.